The van der Waals surface area contributed by atoms with E-state index in [1.54, 1.807) is 24.3 Å². The van der Waals surface area contributed by atoms with Crippen molar-refractivity contribution in [2.45, 2.75) is 0 Å². The molecular weight excluding hydrogens is 419 g/mol. The highest BCUT2D eigenvalue weighted by molar-refractivity contribution is 9.10. The van der Waals surface area contributed by atoms with Crippen LogP contribution in [-0.4, -0.2) is 10.9 Å². The van der Waals surface area contributed by atoms with Gasteiger partial charge in [0.25, 0.3) is 5.91 Å². The number of carbonyl (C=O) groups excluding carboxylic acids is 1. The first-order valence-corrected chi connectivity index (χ1v) is 7.40. The van der Waals surface area contributed by atoms with Gasteiger partial charge in [-0.15, -0.1) is 0 Å². The van der Waals surface area contributed by atoms with E-state index < -0.39 is 0 Å². The molecule has 1 amide bonds. The third kappa shape index (κ3) is 3.28. The highest BCUT2D eigenvalue weighted by Crippen LogP contribution is 2.36. The van der Waals surface area contributed by atoms with E-state index in [1.807, 2.05) is 0 Å². The maximum Gasteiger partial charge on any atom is 0.275 e. The molecule has 1 aromatic heterocycles. The summed E-state index contributed by atoms with van der Waals surface area (Å²) in [6.45, 7) is 0. The summed E-state index contributed by atoms with van der Waals surface area (Å²) in [6, 6.07) is 6.83. The maximum atomic E-state index is 12.1. The van der Waals surface area contributed by atoms with Gasteiger partial charge in [-0.1, -0.05) is 23.2 Å². The Kier molecular flexibility index (Phi) is 4.84. The van der Waals surface area contributed by atoms with Gasteiger partial charge in [-0.2, -0.15) is 0 Å². The van der Waals surface area contributed by atoms with Gasteiger partial charge in [0.1, 0.15) is 5.69 Å². The topological polar surface area (TPSA) is 42.0 Å². The fourth-order valence-corrected chi connectivity index (χ4v) is 2.61. The van der Waals surface area contributed by atoms with Crippen LogP contribution in [-0.2, 0) is 0 Å². The van der Waals surface area contributed by atoms with Gasteiger partial charge in [0.15, 0.2) is 0 Å². The molecule has 2 aromatic rings. The van der Waals surface area contributed by atoms with Crippen molar-refractivity contribution in [2.24, 2.45) is 0 Å². The Labute approximate surface area is 136 Å². The van der Waals surface area contributed by atoms with Gasteiger partial charge in [-0.3, -0.25) is 4.79 Å². The Morgan fingerprint density at radius 3 is 2.53 bits per heavy atom. The summed E-state index contributed by atoms with van der Waals surface area (Å²) >= 11 is 18.6. The molecule has 0 spiro atoms. The van der Waals surface area contributed by atoms with Crippen molar-refractivity contribution in [3.63, 3.8) is 0 Å². The number of hydrogen-bond acceptors (Lipinski definition) is 2. The summed E-state index contributed by atoms with van der Waals surface area (Å²) in [5.74, 6) is -0.368. The number of anilines is 1. The molecule has 0 saturated heterocycles. The molecule has 2 rings (SSSR count). The Hall–Kier alpha value is -0.620. The van der Waals surface area contributed by atoms with E-state index in [4.69, 9.17) is 23.2 Å². The number of pyridine rings is 1. The van der Waals surface area contributed by atoms with Crippen LogP contribution < -0.4 is 5.32 Å². The maximum absolute atomic E-state index is 12.1. The molecule has 0 atom stereocenters. The molecule has 1 aromatic carbocycles. The normalized spacial score (nSPS) is 10.3. The van der Waals surface area contributed by atoms with E-state index in [9.17, 15) is 4.79 Å². The van der Waals surface area contributed by atoms with Gasteiger partial charge in [-0.25, -0.2) is 4.98 Å². The number of nitrogens with zero attached hydrogens (tertiary/aromatic N) is 1. The average molecular weight is 425 g/mol. The quantitative estimate of drug-likeness (QED) is 0.676. The summed E-state index contributed by atoms with van der Waals surface area (Å²) in [5.41, 5.74) is 0.704. The summed E-state index contributed by atoms with van der Waals surface area (Å²) < 4.78 is 1.27. The molecule has 0 saturated carbocycles. The number of nitrogens with one attached hydrogen (secondary N) is 1. The minimum absolute atomic E-state index is 0.274. The minimum Gasteiger partial charge on any atom is -0.319 e. The monoisotopic (exact) mass is 422 g/mol. The van der Waals surface area contributed by atoms with Crippen LogP contribution in [0, 0.1) is 0 Å². The zero-order valence-electron chi connectivity index (χ0n) is 9.25. The third-order valence-corrected chi connectivity index (χ3v) is 4.67. The van der Waals surface area contributed by atoms with Crippen LogP contribution in [0.3, 0.4) is 0 Å². The summed E-state index contributed by atoms with van der Waals surface area (Å²) in [6.07, 6.45) is 1.54. The van der Waals surface area contributed by atoms with E-state index in [-0.39, 0.29) is 16.6 Å². The van der Waals surface area contributed by atoms with Crippen molar-refractivity contribution in [2.75, 3.05) is 5.32 Å². The standard InChI is InChI=1S/C12H6Br2Cl2N2O/c13-6-3-4-8(10(16)9(6)15)18-12(19)11-7(14)2-1-5-17-11/h1-5H,(H,18,19). The van der Waals surface area contributed by atoms with Crippen LogP contribution in [0.1, 0.15) is 10.5 Å². The highest BCUT2D eigenvalue weighted by atomic mass is 79.9. The van der Waals surface area contributed by atoms with Crippen molar-refractivity contribution in [3.05, 3.63) is 55.1 Å². The molecule has 98 valence electrons. The predicted molar refractivity (Wildman–Crippen MR) is 84.1 cm³/mol. The lowest BCUT2D eigenvalue weighted by molar-refractivity contribution is 0.102. The zero-order valence-corrected chi connectivity index (χ0v) is 13.9. The zero-order chi connectivity index (χ0) is 14.0. The van der Waals surface area contributed by atoms with Crippen LogP contribution in [0.15, 0.2) is 39.4 Å². The Bertz CT molecular complexity index is 650. The first-order chi connectivity index (χ1) is 9.00. The second kappa shape index (κ2) is 6.22. The Morgan fingerprint density at radius 1 is 1.11 bits per heavy atom. The predicted octanol–water partition coefficient (Wildman–Crippen LogP) is 5.17. The van der Waals surface area contributed by atoms with Gasteiger partial charge in [0, 0.05) is 15.1 Å². The minimum atomic E-state index is -0.368. The second-order valence-electron chi connectivity index (χ2n) is 3.51. The van der Waals surface area contributed by atoms with Crippen molar-refractivity contribution < 1.29 is 4.79 Å². The molecule has 0 fully saturated rings. The third-order valence-electron chi connectivity index (χ3n) is 2.26. The number of halogens is 4. The first-order valence-electron chi connectivity index (χ1n) is 5.06. The van der Waals surface area contributed by atoms with E-state index in [0.717, 1.165) is 0 Å². The van der Waals surface area contributed by atoms with Gasteiger partial charge >= 0.3 is 0 Å². The van der Waals surface area contributed by atoms with Gasteiger partial charge < -0.3 is 5.32 Å². The first kappa shape index (κ1) is 14.8. The molecule has 1 N–H and O–H groups in total. The fraction of sp³-hybridized carbons (Fsp3) is 0. The van der Waals surface area contributed by atoms with Crippen molar-refractivity contribution in [1.29, 1.82) is 0 Å². The molecule has 1 heterocycles. The van der Waals surface area contributed by atoms with Crippen LogP contribution in [0.25, 0.3) is 0 Å². The van der Waals surface area contributed by atoms with E-state index in [0.29, 0.717) is 19.7 Å². The van der Waals surface area contributed by atoms with Crippen LogP contribution in [0.5, 0.6) is 0 Å². The summed E-state index contributed by atoms with van der Waals surface area (Å²) in [4.78, 5) is 16.1. The summed E-state index contributed by atoms with van der Waals surface area (Å²) in [5, 5.41) is 3.29. The van der Waals surface area contributed by atoms with E-state index in [2.05, 4.69) is 42.2 Å². The molecular formula is C12H6Br2Cl2N2O. The van der Waals surface area contributed by atoms with Crippen LogP contribution in [0.4, 0.5) is 5.69 Å². The molecule has 7 heteroatoms. The Balaban J connectivity index is 2.30. The molecule has 19 heavy (non-hydrogen) atoms. The number of aromatic nitrogens is 1. The van der Waals surface area contributed by atoms with Crippen molar-refractivity contribution >= 4 is 66.7 Å². The lowest BCUT2D eigenvalue weighted by atomic mass is 10.3. The number of carbonyl (C=O) groups is 1. The van der Waals surface area contributed by atoms with Gasteiger partial charge in [-0.05, 0) is 56.1 Å². The number of hydrogen-bond donors (Lipinski definition) is 1. The fourth-order valence-electron chi connectivity index (χ4n) is 1.36. The SMILES string of the molecule is O=C(Nc1ccc(Br)c(Cl)c1Cl)c1ncccc1Br. The second-order valence-corrected chi connectivity index (χ2v) is 5.98. The van der Waals surface area contributed by atoms with Crippen LogP contribution in [0.2, 0.25) is 10.0 Å². The molecule has 0 aliphatic rings. The summed E-state index contributed by atoms with van der Waals surface area (Å²) in [7, 11) is 0. The molecule has 0 aliphatic carbocycles. The van der Waals surface area contributed by atoms with Crippen molar-refractivity contribution in [3.8, 4) is 0 Å². The smallest absolute Gasteiger partial charge is 0.275 e. The highest BCUT2D eigenvalue weighted by Gasteiger charge is 2.15. The number of amides is 1. The molecule has 3 nitrogen and oxygen atoms in total. The molecule has 0 aliphatic heterocycles. The largest absolute Gasteiger partial charge is 0.319 e. The lowest BCUT2D eigenvalue weighted by Gasteiger charge is -2.09. The number of rotatable bonds is 2. The van der Waals surface area contributed by atoms with E-state index >= 15 is 0 Å². The van der Waals surface area contributed by atoms with E-state index in [1.165, 1.54) is 6.20 Å². The molecule has 0 bridgehead atoms. The molecule has 0 radical (unpaired) electrons. The van der Waals surface area contributed by atoms with Gasteiger partial charge in [0.2, 0.25) is 0 Å². The average Bonchev–Trinajstić information content (AvgIpc) is 2.40. The van der Waals surface area contributed by atoms with Crippen LogP contribution >= 0.6 is 55.1 Å². The number of benzene rings is 1. The molecule has 0 unspecified atom stereocenters. The van der Waals surface area contributed by atoms with Gasteiger partial charge in [0.05, 0.1) is 15.7 Å². The van der Waals surface area contributed by atoms with Crippen molar-refractivity contribution in [1.82, 2.24) is 4.98 Å². The lowest BCUT2D eigenvalue weighted by Crippen LogP contribution is -2.14. The Morgan fingerprint density at radius 2 is 1.84 bits per heavy atom.